The zero-order chi connectivity index (χ0) is 22.2. The average Bonchev–Trinajstić information content (AvgIpc) is 2.74. The molecule has 1 aromatic heterocycles. The minimum atomic E-state index is -4.30. The lowest BCUT2D eigenvalue weighted by Crippen LogP contribution is -2.44. The molecule has 4 atom stereocenters. The molecule has 1 aliphatic carbocycles. The number of ether oxygens (including phenoxy) is 2. The Morgan fingerprint density at radius 1 is 1.19 bits per heavy atom. The van der Waals surface area contributed by atoms with Crippen molar-refractivity contribution in [2.24, 2.45) is 10.9 Å². The highest BCUT2D eigenvalue weighted by molar-refractivity contribution is 7.85. The van der Waals surface area contributed by atoms with E-state index in [1.807, 2.05) is 13.0 Å². The summed E-state index contributed by atoms with van der Waals surface area (Å²) >= 11 is 0. The SMILES string of the molecule is CCOc1cc2c(cc1OC)C(c1cnccn1)=N[C@@H]1CC[C@@H](O)C(CS(=O)(=O)O)[C@H]21. The van der Waals surface area contributed by atoms with Gasteiger partial charge in [-0.05, 0) is 37.5 Å². The molecule has 2 N–H and O–H groups in total. The molecule has 2 aromatic rings. The second-order valence-electron chi connectivity index (χ2n) is 7.74. The van der Waals surface area contributed by atoms with E-state index in [0.717, 1.165) is 11.1 Å². The number of nitrogens with zero attached hydrogens (tertiary/aromatic N) is 3. The van der Waals surface area contributed by atoms with E-state index >= 15 is 0 Å². The van der Waals surface area contributed by atoms with Gasteiger partial charge in [0.15, 0.2) is 11.5 Å². The second-order valence-corrected chi connectivity index (χ2v) is 9.24. The van der Waals surface area contributed by atoms with Gasteiger partial charge in [0.05, 0.1) is 43.5 Å². The Balaban J connectivity index is 1.92. The summed E-state index contributed by atoms with van der Waals surface area (Å²) in [5.41, 5.74) is 2.73. The van der Waals surface area contributed by atoms with Crippen LogP contribution in [-0.4, -0.2) is 65.4 Å². The molecule has 10 heteroatoms. The standard InChI is InChI=1S/C21H25N3O6S/c1-3-30-19-8-12-13(9-18(19)29-2)21(16-10-22-6-7-23-16)24-15-4-5-17(25)14(20(12)15)11-31(26,27)28/h6-10,14-15,17,20,25H,3-5,11H2,1-2H3,(H,26,27,28)/t14?,15-,17-,20+/m1/s1. The Bertz CT molecular complexity index is 1090. The van der Waals surface area contributed by atoms with Crippen LogP contribution in [-0.2, 0) is 10.1 Å². The van der Waals surface area contributed by atoms with Crippen molar-refractivity contribution < 1.29 is 27.6 Å². The van der Waals surface area contributed by atoms with Gasteiger partial charge in [-0.15, -0.1) is 0 Å². The largest absolute Gasteiger partial charge is 0.493 e. The first kappa shape index (κ1) is 21.7. The summed E-state index contributed by atoms with van der Waals surface area (Å²) in [4.78, 5) is 13.5. The fourth-order valence-electron chi connectivity index (χ4n) is 4.65. The van der Waals surface area contributed by atoms with Gasteiger partial charge >= 0.3 is 0 Å². The number of methoxy groups -OCH3 is 1. The summed E-state index contributed by atoms with van der Waals surface area (Å²) in [5.74, 6) is -0.624. The number of benzene rings is 1. The Morgan fingerprint density at radius 2 is 2.00 bits per heavy atom. The normalized spacial score (nSPS) is 25.2. The first-order chi connectivity index (χ1) is 14.8. The summed E-state index contributed by atoms with van der Waals surface area (Å²) < 4.78 is 44.3. The van der Waals surface area contributed by atoms with Crippen LogP contribution in [0.3, 0.4) is 0 Å². The van der Waals surface area contributed by atoms with Crippen molar-refractivity contribution in [3.05, 3.63) is 47.5 Å². The Morgan fingerprint density at radius 3 is 2.65 bits per heavy atom. The molecular formula is C21H25N3O6S. The number of fused-ring (bicyclic) bond motifs is 3. The maximum absolute atomic E-state index is 11.7. The van der Waals surface area contributed by atoms with E-state index < -0.39 is 33.8 Å². The van der Waals surface area contributed by atoms with Crippen LogP contribution in [0.1, 0.15) is 42.5 Å². The van der Waals surface area contributed by atoms with Crippen LogP contribution < -0.4 is 9.47 Å². The summed E-state index contributed by atoms with van der Waals surface area (Å²) in [5, 5.41) is 10.7. The quantitative estimate of drug-likeness (QED) is 0.642. The van der Waals surface area contributed by atoms with Gasteiger partial charge in [-0.2, -0.15) is 8.42 Å². The number of hydrogen-bond donors (Lipinski definition) is 2. The van der Waals surface area contributed by atoms with Crippen LogP contribution in [0.25, 0.3) is 0 Å². The minimum Gasteiger partial charge on any atom is -0.493 e. The Hall–Kier alpha value is -2.56. The van der Waals surface area contributed by atoms with Crippen molar-refractivity contribution in [3.63, 3.8) is 0 Å². The van der Waals surface area contributed by atoms with Crippen molar-refractivity contribution in [1.82, 2.24) is 9.97 Å². The molecular weight excluding hydrogens is 422 g/mol. The van der Waals surface area contributed by atoms with Gasteiger partial charge in [0, 0.05) is 29.8 Å². The fourth-order valence-corrected chi connectivity index (χ4v) is 5.56. The van der Waals surface area contributed by atoms with Gasteiger partial charge < -0.3 is 14.6 Å². The number of hydrogen-bond acceptors (Lipinski definition) is 8. The summed E-state index contributed by atoms with van der Waals surface area (Å²) in [6, 6.07) is 3.35. The molecule has 166 valence electrons. The lowest BCUT2D eigenvalue weighted by atomic mass is 9.68. The maximum atomic E-state index is 11.7. The van der Waals surface area contributed by atoms with Crippen LogP contribution >= 0.6 is 0 Å². The van der Waals surface area contributed by atoms with Crippen molar-refractivity contribution >= 4 is 15.8 Å². The van der Waals surface area contributed by atoms with Gasteiger partial charge in [-0.3, -0.25) is 19.5 Å². The molecule has 2 heterocycles. The summed E-state index contributed by atoms with van der Waals surface area (Å²) in [7, 11) is -2.75. The third kappa shape index (κ3) is 4.28. The topological polar surface area (TPSA) is 131 Å². The molecule has 0 amide bonds. The third-order valence-corrected chi connectivity index (χ3v) is 6.69. The molecule has 0 saturated heterocycles. The monoisotopic (exact) mass is 447 g/mol. The fraction of sp³-hybridized carbons (Fsp3) is 0.476. The van der Waals surface area contributed by atoms with Gasteiger partial charge in [-0.25, -0.2) is 0 Å². The van der Waals surface area contributed by atoms with Gasteiger partial charge in [0.1, 0.15) is 5.69 Å². The highest BCUT2D eigenvalue weighted by Gasteiger charge is 2.45. The Kier molecular flexibility index (Phi) is 5.96. The first-order valence-corrected chi connectivity index (χ1v) is 11.8. The van der Waals surface area contributed by atoms with Gasteiger partial charge in [0.25, 0.3) is 10.1 Å². The van der Waals surface area contributed by atoms with Crippen molar-refractivity contribution in [2.45, 2.75) is 37.8 Å². The zero-order valence-electron chi connectivity index (χ0n) is 17.3. The average molecular weight is 448 g/mol. The van der Waals surface area contributed by atoms with E-state index in [1.165, 1.54) is 0 Å². The number of aliphatic hydroxyl groups is 1. The van der Waals surface area contributed by atoms with Gasteiger partial charge in [-0.1, -0.05) is 0 Å². The van der Waals surface area contributed by atoms with E-state index in [-0.39, 0.29) is 6.04 Å². The number of rotatable bonds is 6. The third-order valence-electron chi connectivity index (χ3n) is 5.88. The lowest BCUT2D eigenvalue weighted by Gasteiger charge is -2.42. The summed E-state index contributed by atoms with van der Waals surface area (Å²) in [6.07, 6.45) is 4.88. The predicted octanol–water partition coefficient (Wildman–Crippen LogP) is 1.85. The molecule has 1 saturated carbocycles. The zero-order valence-corrected chi connectivity index (χ0v) is 18.1. The molecule has 9 nitrogen and oxygen atoms in total. The van der Waals surface area contributed by atoms with Crippen LogP contribution in [0.2, 0.25) is 0 Å². The van der Waals surface area contributed by atoms with Crippen LogP contribution in [0, 0.1) is 5.92 Å². The van der Waals surface area contributed by atoms with Crippen LogP contribution in [0.5, 0.6) is 11.5 Å². The minimum absolute atomic E-state index is 0.275. The number of aliphatic hydroxyl groups excluding tert-OH is 1. The number of aromatic nitrogens is 2. The second kappa shape index (κ2) is 8.52. The molecule has 0 radical (unpaired) electrons. The molecule has 2 aliphatic rings. The Labute approximate surface area is 180 Å². The van der Waals surface area contributed by atoms with Crippen molar-refractivity contribution in [3.8, 4) is 11.5 Å². The molecule has 31 heavy (non-hydrogen) atoms. The predicted molar refractivity (Wildman–Crippen MR) is 114 cm³/mol. The van der Waals surface area contributed by atoms with Crippen molar-refractivity contribution in [1.29, 1.82) is 0 Å². The van der Waals surface area contributed by atoms with E-state index in [2.05, 4.69) is 9.97 Å². The maximum Gasteiger partial charge on any atom is 0.265 e. The molecule has 1 aromatic carbocycles. The molecule has 0 bridgehead atoms. The number of aliphatic imine (C=N–C) groups is 1. The molecule has 4 rings (SSSR count). The summed E-state index contributed by atoms with van der Waals surface area (Å²) in [6.45, 7) is 2.28. The van der Waals surface area contributed by atoms with Crippen LogP contribution in [0.15, 0.2) is 35.7 Å². The van der Waals surface area contributed by atoms with E-state index in [9.17, 15) is 18.1 Å². The van der Waals surface area contributed by atoms with Crippen LogP contribution in [0.4, 0.5) is 0 Å². The molecule has 1 fully saturated rings. The molecule has 0 spiro atoms. The smallest absolute Gasteiger partial charge is 0.265 e. The molecule has 1 unspecified atom stereocenters. The highest BCUT2D eigenvalue weighted by atomic mass is 32.2. The first-order valence-electron chi connectivity index (χ1n) is 10.1. The highest BCUT2D eigenvalue weighted by Crippen LogP contribution is 2.47. The van der Waals surface area contributed by atoms with Gasteiger partial charge in [0.2, 0.25) is 0 Å². The van der Waals surface area contributed by atoms with E-state index in [1.54, 1.807) is 31.8 Å². The molecule has 1 aliphatic heterocycles. The lowest BCUT2D eigenvalue weighted by molar-refractivity contribution is 0.0573. The van der Waals surface area contributed by atoms with Crippen molar-refractivity contribution in [2.75, 3.05) is 19.5 Å². The van der Waals surface area contributed by atoms with E-state index in [0.29, 0.717) is 42.4 Å². The van der Waals surface area contributed by atoms with E-state index in [4.69, 9.17) is 14.5 Å².